The van der Waals surface area contributed by atoms with E-state index in [1.807, 2.05) is 0 Å². The van der Waals surface area contributed by atoms with Crippen LogP contribution in [0, 0.1) is 0 Å². The largest absolute Gasteiger partial charge is 0.435 e. The normalized spacial score (nSPS) is 12.2. The zero-order valence-corrected chi connectivity index (χ0v) is 16.0. The molecule has 0 aliphatic rings. The van der Waals surface area contributed by atoms with Gasteiger partial charge >= 0.3 is 6.18 Å². The van der Waals surface area contributed by atoms with Crippen molar-refractivity contribution in [2.45, 2.75) is 18.6 Å². The van der Waals surface area contributed by atoms with Crippen LogP contribution in [0.4, 0.5) is 13.2 Å². The number of primary amides is 1. The van der Waals surface area contributed by atoms with Crippen molar-refractivity contribution in [3.05, 3.63) is 83.7 Å². The van der Waals surface area contributed by atoms with E-state index in [-0.39, 0.29) is 12.1 Å². The number of Topliss-reactive ketones (excluding diaryl/α,β-unsaturated/α-hetero) is 1. The minimum atomic E-state index is -4.79. The second-order valence-electron chi connectivity index (χ2n) is 6.60. The molecule has 0 fully saturated rings. The zero-order valence-electron chi connectivity index (χ0n) is 16.0. The first-order chi connectivity index (χ1) is 14.7. The number of alkyl halides is 3. The number of hydrogen-bond donors (Lipinski definition) is 2. The van der Waals surface area contributed by atoms with Crippen molar-refractivity contribution in [3.63, 3.8) is 0 Å². The van der Waals surface area contributed by atoms with E-state index in [0.29, 0.717) is 11.6 Å². The van der Waals surface area contributed by atoms with Crippen LogP contribution in [-0.4, -0.2) is 33.4 Å². The molecular weight excluding hydrogens is 413 g/mol. The van der Waals surface area contributed by atoms with Crippen LogP contribution in [-0.2, 0) is 22.2 Å². The number of nitrogens with two attached hydrogens (primary N) is 1. The van der Waals surface area contributed by atoms with E-state index >= 15 is 0 Å². The van der Waals surface area contributed by atoms with Crippen LogP contribution in [0.2, 0.25) is 0 Å². The predicted octanol–water partition coefficient (Wildman–Crippen LogP) is 2.29. The molecule has 0 bridgehead atoms. The average molecular weight is 430 g/mol. The number of para-hydroxylation sites is 1. The Labute approximate surface area is 174 Å². The Morgan fingerprint density at radius 3 is 2.13 bits per heavy atom. The minimum absolute atomic E-state index is 0.0695. The van der Waals surface area contributed by atoms with Crippen molar-refractivity contribution in [3.8, 4) is 5.69 Å². The van der Waals surface area contributed by atoms with Crippen molar-refractivity contribution < 1.29 is 27.6 Å². The third kappa shape index (κ3) is 5.16. The summed E-state index contributed by atoms with van der Waals surface area (Å²) >= 11 is 0. The number of hydrogen-bond acceptors (Lipinski definition) is 4. The Balaban J connectivity index is 1.97. The molecule has 0 saturated carbocycles. The fourth-order valence-corrected chi connectivity index (χ4v) is 2.91. The summed E-state index contributed by atoms with van der Waals surface area (Å²) in [6.45, 7) is 0. The van der Waals surface area contributed by atoms with E-state index in [2.05, 4.69) is 10.4 Å². The van der Waals surface area contributed by atoms with Crippen LogP contribution >= 0.6 is 0 Å². The number of halogens is 3. The molecule has 31 heavy (non-hydrogen) atoms. The first kappa shape index (κ1) is 21.8. The molecule has 1 heterocycles. The van der Waals surface area contributed by atoms with Crippen molar-refractivity contribution in [2.24, 2.45) is 5.73 Å². The number of benzene rings is 2. The van der Waals surface area contributed by atoms with Crippen molar-refractivity contribution in [1.29, 1.82) is 0 Å². The minimum Gasteiger partial charge on any atom is -0.363 e. The molecule has 3 rings (SSSR count). The number of carbonyl (C=O) groups excluding carboxylic acids is 3. The van der Waals surface area contributed by atoms with Gasteiger partial charge in [-0.3, -0.25) is 14.4 Å². The number of ketones is 1. The van der Waals surface area contributed by atoms with Crippen molar-refractivity contribution in [2.75, 3.05) is 0 Å². The topological polar surface area (TPSA) is 107 Å². The maximum Gasteiger partial charge on any atom is 0.435 e. The summed E-state index contributed by atoms with van der Waals surface area (Å²) in [5.41, 5.74) is 4.19. The molecule has 10 heteroatoms. The molecule has 0 unspecified atom stereocenters. The number of aromatic nitrogens is 2. The molecule has 0 saturated heterocycles. The smallest absolute Gasteiger partial charge is 0.363 e. The van der Waals surface area contributed by atoms with Gasteiger partial charge in [-0.05, 0) is 17.7 Å². The van der Waals surface area contributed by atoms with Crippen LogP contribution in [0.5, 0.6) is 0 Å². The van der Waals surface area contributed by atoms with Gasteiger partial charge in [-0.2, -0.15) is 18.3 Å². The van der Waals surface area contributed by atoms with Gasteiger partial charge in [-0.15, -0.1) is 0 Å². The van der Waals surface area contributed by atoms with Gasteiger partial charge in [0.2, 0.25) is 5.78 Å². The maximum atomic E-state index is 13.2. The van der Waals surface area contributed by atoms with Gasteiger partial charge in [0.15, 0.2) is 5.69 Å². The summed E-state index contributed by atoms with van der Waals surface area (Å²) in [6.07, 6.45) is -4.86. The monoisotopic (exact) mass is 430 g/mol. The number of carbonyl (C=O) groups is 3. The van der Waals surface area contributed by atoms with Crippen molar-refractivity contribution >= 4 is 17.6 Å². The molecular formula is C21H17F3N4O3. The molecule has 160 valence electrons. The second-order valence-corrected chi connectivity index (χ2v) is 6.60. The highest BCUT2D eigenvalue weighted by Gasteiger charge is 2.37. The number of nitrogens with one attached hydrogen (secondary N) is 1. The predicted molar refractivity (Wildman–Crippen MR) is 104 cm³/mol. The molecule has 3 aromatic rings. The summed E-state index contributed by atoms with van der Waals surface area (Å²) in [6, 6.07) is 15.4. The molecule has 1 aromatic heterocycles. The van der Waals surface area contributed by atoms with E-state index in [1.165, 1.54) is 12.1 Å². The van der Waals surface area contributed by atoms with E-state index < -0.39 is 41.2 Å². The zero-order chi connectivity index (χ0) is 22.6. The Hall–Kier alpha value is -3.95. The quantitative estimate of drug-likeness (QED) is 0.561. The fourth-order valence-electron chi connectivity index (χ4n) is 2.91. The van der Waals surface area contributed by atoms with Crippen LogP contribution in [0.25, 0.3) is 5.69 Å². The fraction of sp³-hybridized carbons (Fsp3) is 0.143. The molecule has 0 aliphatic heterocycles. The highest BCUT2D eigenvalue weighted by molar-refractivity contribution is 6.38. The van der Waals surface area contributed by atoms with Gasteiger partial charge in [0.25, 0.3) is 11.8 Å². The summed E-state index contributed by atoms with van der Waals surface area (Å²) < 4.78 is 40.5. The lowest BCUT2D eigenvalue weighted by Gasteiger charge is -2.17. The Morgan fingerprint density at radius 2 is 1.58 bits per heavy atom. The Kier molecular flexibility index (Phi) is 6.19. The van der Waals surface area contributed by atoms with Gasteiger partial charge in [0, 0.05) is 12.5 Å². The lowest BCUT2D eigenvalue weighted by Crippen LogP contribution is -2.47. The first-order valence-electron chi connectivity index (χ1n) is 9.08. The van der Waals surface area contributed by atoms with E-state index in [0.717, 1.165) is 4.68 Å². The van der Waals surface area contributed by atoms with Gasteiger partial charge in [0.1, 0.15) is 11.7 Å². The standard InChI is InChI=1S/C21H17F3N4O3/c22-21(23,24)17-12-16(28(27-17)14-9-5-2-6-10-14)20(31)26-15(18(29)19(25)30)11-13-7-3-1-4-8-13/h1-10,12,15H,11H2,(H2,25,30)(H,26,31)/t15-/m0/s1. The average Bonchev–Trinajstić information content (AvgIpc) is 3.20. The highest BCUT2D eigenvalue weighted by Crippen LogP contribution is 2.29. The van der Waals surface area contributed by atoms with Gasteiger partial charge in [-0.25, -0.2) is 4.68 Å². The molecule has 0 aliphatic carbocycles. The summed E-state index contributed by atoms with van der Waals surface area (Å²) in [5, 5.41) is 5.82. The van der Waals surface area contributed by atoms with Gasteiger partial charge < -0.3 is 11.1 Å². The molecule has 1 atom stereocenters. The second kappa shape index (κ2) is 8.82. The Morgan fingerprint density at radius 1 is 1.00 bits per heavy atom. The molecule has 7 nitrogen and oxygen atoms in total. The lowest BCUT2D eigenvalue weighted by molar-refractivity contribution is -0.141. The van der Waals surface area contributed by atoms with Crippen molar-refractivity contribution in [1.82, 2.24) is 15.1 Å². The number of amides is 2. The van der Waals surface area contributed by atoms with Crippen LogP contribution in [0.15, 0.2) is 66.7 Å². The lowest BCUT2D eigenvalue weighted by atomic mass is 10.0. The van der Waals surface area contributed by atoms with E-state index in [9.17, 15) is 27.6 Å². The first-order valence-corrected chi connectivity index (χ1v) is 9.08. The van der Waals surface area contributed by atoms with E-state index in [4.69, 9.17) is 5.73 Å². The number of nitrogens with zero attached hydrogens (tertiary/aromatic N) is 2. The van der Waals surface area contributed by atoms with Gasteiger partial charge in [-0.1, -0.05) is 48.5 Å². The SMILES string of the molecule is NC(=O)C(=O)[C@H](Cc1ccccc1)NC(=O)c1cc(C(F)(F)F)nn1-c1ccccc1. The summed E-state index contributed by atoms with van der Waals surface area (Å²) in [7, 11) is 0. The number of rotatable bonds is 7. The molecule has 0 spiro atoms. The Bertz CT molecular complexity index is 1100. The molecule has 2 aromatic carbocycles. The molecule has 2 amide bonds. The van der Waals surface area contributed by atoms with Gasteiger partial charge in [0.05, 0.1) is 5.69 Å². The summed E-state index contributed by atoms with van der Waals surface area (Å²) in [4.78, 5) is 36.5. The highest BCUT2D eigenvalue weighted by atomic mass is 19.4. The third-order valence-electron chi connectivity index (χ3n) is 4.38. The summed E-state index contributed by atoms with van der Waals surface area (Å²) in [5.74, 6) is -3.35. The molecule has 0 radical (unpaired) electrons. The third-order valence-corrected chi connectivity index (χ3v) is 4.38. The van der Waals surface area contributed by atoms with Crippen LogP contribution in [0.1, 0.15) is 21.7 Å². The van der Waals surface area contributed by atoms with Crippen LogP contribution in [0.3, 0.4) is 0 Å². The molecule has 3 N–H and O–H groups in total. The van der Waals surface area contributed by atoms with Crippen LogP contribution < -0.4 is 11.1 Å². The van der Waals surface area contributed by atoms with E-state index in [1.54, 1.807) is 48.5 Å². The maximum absolute atomic E-state index is 13.2.